The van der Waals surface area contributed by atoms with Gasteiger partial charge in [0, 0.05) is 6.20 Å². The Morgan fingerprint density at radius 2 is 1.86 bits per heavy atom. The summed E-state index contributed by atoms with van der Waals surface area (Å²) >= 11 is 0. The fraction of sp³-hybridized carbons (Fsp3) is 0.800. The van der Waals surface area contributed by atoms with Gasteiger partial charge < -0.3 is 0 Å². The first kappa shape index (κ1) is 13.8. The van der Waals surface area contributed by atoms with Crippen LogP contribution >= 0.6 is 0 Å². The molecule has 0 radical (unpaired) electrons. The Bertz CT molecular complexity index is 627. The van der Waals surface area contributed by atoms with Gasteiger partial charge >= 0.3 is 0 Å². The summed E-state index contributed by atoms with van der Waals surface area (Å²) in [6.45, 7) is 0. The van der Waals surface area contributed by atoms with E-state index in [1.165, 1.54) is 31.2 Å². The van der Waals surface area contributed by atoms with Crippen LogP contribution in [0.5, 0.6) is 0 Å². The van der Waals surface area contributed by atoms with Gasteiger partial charge in [0.25, 0.3) is 0 Å². The van der Waals surface area contributed by atoms with Crippen LogP contribution in [-0.4, -0.2) is 23.4 Å². The molecule has 5 nitrogen and oxygen atoms in total. The molecule has 1 atom stereocenters. The number of sulfonamides is 1. The van der Waals surface area contributed by atoms with Gasteiger partial charge in [-0.3, -0.25) is 4.68 Å². The molecule has 1 aromatic rings. The number of aromatic nitrogens is 2. The van der Waals surface area contributed by atoms with Crippen LogP contribution in [0.1, 0.15) is 74.7 Å². The first-order chi connectivity index (χ1) is 10.1. The molecule has 2 fully saturated rings. The second kappa shape index (κ2) is 5.09. The summed E-state index contributed by atoms with van der Waals surface area (Å²) in [4.78, 5) is 0. The Morgan fingerprint density at radius 3 is 2.57 bits per heavy atom. The summed E-state index contributed by atoms with van der Waals surface area (Å²) in [7, 11) is -3.14. The topological polar surface area (TPSA) is 64.0 Å². The minimum absolute atomic E-state index is 0.109. The first-order valence-electron chi connectivity index (χ1n) is 8.22. The first-order valence-corrected chi connectivity index (χ1v) is 9.77. The Morgan fingerprint density at radius 1 is 1.10 bits per heavy atom. The second-order valence-corrected chi connectivity index (χ2v) is 8.76. The molecule has 3 aliphatic rings. The molecule has 2 saturated carbocycles. The van der Waals surface area contributed by atoms with E-state index < -0.39 is 10.0 Å². The van der Waals surface area contributed by atoms with Gasteiger partial charge in [0.1, 0.15) is 0 Å². The van der Waals surface area contributed by atoms with Crippen LogP contribution in [0.4, 0.5) is 0 Å². The summed E-state index contributed by atoms with van der Waals surface area (Å²) in [5.74, 6) is 0. The van der Waals surface area contributed by atoms with Crippen LogP contribution < -0.4 is 4.72 Å². The monoisotopic (exact) mass is 309 g/mol. The van der Waals surface area contributed by atoms with Crippen molar-refractivity contribution in [1.29, 1.82) is 0 Å². The highest BCUT2D eigenvalue weighted by molar-refractivity contribution is 7.90. The third-order valence-electron chi connectivity index (χ3n) is 5.08. The molecule has 1 aromatic heterocycles. The van der Waals surface area contributed by atoms with Crippen molar-refractivity contribution in [3.63, 3.8) is 0 Å². The number of aryl methyl sites for hydroxylation is 1. The van der Waals surface area contributed by atoms with Crippen molar-refractivity contribution < 1.29 is 8.42 Å². The molecular weight excluding hydrogens is 286 g/mol. The maximum atomic E-state index is 12.2. The van der Waals surface area contributed by atoms with Gasteiger partial charge in [-0.1, -0.05) is 12.8 Å². The maximum Gasteiger partial charge on any atom is 0.215 e. The molecule has 116 valence electrons. The van der Waals surface area contributed by atoms with Gasteiger partial charge in [0.15, 0.2) is 0 Å². The quantitative estimate of drug-likeness (QED) is 0.929. The Hall–Kier alpha value is -0.880. The fourth-order valence-electron chi connectivity index (χ4n) is 3.71. The van der Waals surface area contributed by atoms with E-state index in [0.29, 0.717) is 6.04 Å². The Kier molecular flexibility index (Phi) is 3.34. The zero-order valence-corrected chi connectivity index (χ0v) is 13.1. The molecule has 1 heterocycles. The van der Waals surface area contributed by atoms with Crippen molar-refractivity contribution in [2.45, 2.75) is 75.1 Å². The number of hydrogen-bond donors (Lipinski definition) is 1. The lowest BCUT2D eigenvalue weighted by molar-refractivity contribution is 0.449. The molecule has 4 rings (SSSR count). The summed E-state index contributed by atoms with van der Waals surface area (Å²) in [6.07, 6.45) is 11.7. The van der Waals surface area contributed by atoms with Crippen LogP contribution in [0.3, 0.4) is 0 Å². The molecule has 21 heavy (non-hydrogen) atoms. The van der Waals surface area contributed by atoms with Crippen molar-refractivity contribution >= 4 is 10.0 Å². The van der Waals surface area contributed by atoms with Crippen molar-refractivity contribution in [1.82, 2.24) is 14.5 Å². The van der Waals surface area contributed by atoms with Gasteiger partial charge in [-0.15, -0.1) is 0 Å². The molecule has 3 aliphatic carbocycles. The van der Waals surface area contributed by atoms with E-state index in [4.69, 9.17) is 5.10 Å². The molecule has 0 aliphatic heterocycles. The number of rotatable bonds is 4. The van der Waals surface area contributed by atoms with Gasteiger partial charge in [0.05, 0.1) is 23.0 Å². The third-order valence-corrected chi connectivity index (χ3v) is 7.04. The summed E-state index contributed by atoms with van der Waals surface area (Å²) < 4.78 is 29.4. The SMILES string of the molecule is O=S(=O)(N[C@H]1CCCc2cn(C3CCCC3)nc21)C1CC1. The van der Waals surface area contributed by atoms with E-state index in [1.54, 1.807) is 0 Å². The predicted octanol–water partition coefficient (Wildman–Crippen LogP) is 2.46. The second-order valence-electron chi connectivity index (χ2n) is 6.76. The normalized spacial score (nSPS) is 27.0. The van der Waals surface area contributed by atoms with E-state index in [9.17, 15) is 8.42 Å². The minimum atomic E-state index is -3.14. The molecule has 0 spiro atoms. The van der Waals surface area contributed by atoms with E-state index in [1.807, 2.05) is 0 Å². The minimum Gasteiger partial charge on any atom is -0.269 e. The number of hydrogen-bond acceptors (Lipinski definition) is 3. The largest absolute Gasteiger partial charge is 0.269 e. The highest BCUT2D eigenvalue weighted by Crippen LogP contribution is 2.35. The average Bonchev–Trinajstić information content (AvgIpc) is 3.01. The smallest absolute Gasteiger partial charge is 0.215 e. The standard InChI is InChI=1S/C15H23N3O2S/c19-21(20,13-8-9-13)17-14-7-3-4-11-10-18(16-15(11)14)12-5-1-2-6-12/h10,12-14,17H,1-9H2/t14-/m0/s1. The highest BCUT2D eigenvalue weighted by Gasteiger charge is 2.38. The van der Waals surface area contributed by atoms with Gasteiger partial charge in [-0.25, -0.2) is 13.1 Å². The van der Waals surface area contributed by atoms with Gasteiger partial charge in [-0.2, -0.15) is 5.10 Å². The van der Waals surface area contributed by atoms with E-state index in [2.05, 4.69) is 15.6 Å². The lowest BCUT2D eigenvalue weighted by Gasteiger charge is -2.22. The zero-order valence-electron chi connectivity index (χ0n) is 12.3. The van der Waals surface area contributed by atoms with E-state index in [-0.39, 0.29) is 11.3 Å². The van der Waals surface area contributed by atoms with Crippen molar-refractivity contribution in [2.24, 2.45) is 0 Å². The van der Waals surface area contributed by atoms with E-state index in [0.717, 1.165) is 37.8 Å². The number of fused-ring (bicyclic) bond motifs is 1. The summed E-state index contributed by atoms with van der Waals surface area (Å²) in [6, 6.07) is 0.415. The third kappa shape index (κ3) is 2.63. The molecule has 0 aromatic carbocycles. The number of nitrogens with one attached hydrogen (secondary N) is 1. The zero-order chi connectivity index (χ0) is 14.4. The Balaban J connectivity index is 1.58. The number of nitrogens with zero attached hydrogens (tertiary/aromatic N) is 2. The van der Waals surface area contributed by atoms with Crippen LogP contribution in [0, 0.1) is 0 Å². The lowest BCUT2D eigenvalue weighted by Crippen LogP contribution is -2.33. The van der Waals surface area contributed by atoms with Crippen LogP contribution in [0.25, 0.3) is 0 Å². The molecule has 0 unspecified atom stereocenters. The molecule has 0 amide bonds. The molecule has 0 bridgehead atoms. The van der Waals surface area contributed by atoms with Crippen LogP contribution in [0.2, 0.25) is 0 Å². The van der Waals surface area contributed by atoms with Gasteiger partial charge in [0.2, 0.25) is 10.0 Å². The summed E-state index contributed by atoms with van der Waals surface area (Å²) in [5, 5.41) is 4.61. The van der Waals surface area contributed by atoms with Crippen LogP contribution in [0.15, 0.2) is 6.20 Å². The molecular formula is C15H23N3O2S. The maximum absolute atomic E-state index is 12.2. The summed E-state index contributed by atoms with van der Waals surface area (Å²) in [5.41, 5.74) is 2.23. The fourth-order valence-corrected chi connectivity index (χ4v) is 5.28. The molecule has 1 N–H and O–H groups in total. The molecule has 0 saturated heterocycles. The highest BCUT2D eigenvalue weighted by atomic mass is 32.2. The van der Waals surface area contributed by atoms with Crippen molar-refractivity contribution in [3.05, 3.63) is 17.5 Å². The van der Waals surface area contributed by atoms with E-state index >= 15 is 0 Å². The van der Waals surface area contributed by atoms with Crippen molar-refractivity contribution in [2.75, 3.05) is 0 Å². The van der Waals surface area contributed by atoms with Crippen LogP contribution in [-0.2, 0) is 16.4 Å². The Labute approximate surface area is 126 Å². The molecule has 6 heteroatoms. The van der Waals surface area contributed by atoms with Crippen molar-refractivity contribution in [3.8, 4) is 0 Å². The lowest BCUT2D eigenvalue weighted by atomic mass is 9.94. The van der Waals surface area contributed by atoms with Gasteiger partial charge in [-0.05, 0) is 50.5 Å². The average molecular weight is 309 g/mol. The predicted molar refractivity (Wildman–Crippen MR) is 80.5 cm³/mol.